The molecule has 2 aromatic rings. The van der Waals surface area contributed by atoms with E-state index in [1.54, 1.807) is 0 Å². The highest BCUT2D eigenvalue weighted by atomic mass is 16.1. The molecule has 0 fully saturated rings. The van der Waals surface area contributed by atoms with Gasteiger partial charge in [-0.1, -0.05) is 18.2 Å². The molecule has 0 aliphatic rings. The quantitative estimate of drug-likeness (QED) is 0.822. The molecule has 19 heavy (non-hydrogen) atoms. The molecule has 1 unspecified atom stereocenters. The Hall–Kier alpha value is -2.14. The molecule has 0 aliphatic carbocycles. The van der Waals surface area contributed by atoms with Crippen molar-refractivity contribution in [2.24, 2.45) is 5.73 Å². The van der Waals surface area contributed by atoms with Crippen molar-refractivity contribution in [3.05, 3.63) is 48.3 Å². The van der Waals surface area contributed by atoms with Gasteiger partial charge in [-0.25, -0.2) is 4.68 Å². The van der Waals surface area contributed by atoms with Gasteiger partial charge in [-0.15, -0.1) is 0 Å². The van der Waals surface area contributed by atoms with E-state index in [1.165, 1.54) is 0 Å². The molecule has 5 nitrogen and oxygen atoms in total. The van der Waals surface area contributed by atoms with E-state index in [1.807, 2.05) is 54.3 Å². The van der Waals surface area contributed by atoms with Crippen LogP contribution in [0, 0.1) is 0 Å². The molecule has 5 heteroatoms. The van der Waals surface area contributed by atoms with E-state index in [0.717, 1.165) is 11.3 Å². The first-order chi connectivity index (χ1) is 9.16. The Labute approximate surface area is 112 Å². The van der Waals surface area contributed by atoms with Gasteiger partial charge in [0.2, 0.25) is 5.91 Å². The number of carbonyl (C=O) groups is 1. The van der Waals surface area contributed by atoms with Gasteiger partial charge in [-0.2, -0.15) is 5.10 Å². The van der Waals surface area contributed by atoms with Gasteiger partial charge in [0.1, 0.15) is 0 Å². The minimum absolute atomic E-state index is 0.136. The Bertz CT molecular complexity index is 535. The van der Waals surface area contributed by atoms with E-state index in [4.69, 9.17) is 5.73 Å². The molecule has 0 bridgehead atoms. The molecule has 2 rings (SSSR count). The molecular weight excluding hydrogens is 240 g/mol. The first-order valence-electron chi connectivity index (χ1n) is 6.28. The van der Waals surface area contributed by atoms with Crippen LogP contribution >= 0.6 is 0 Å². The van der Waals surface area contributed by atoms with Gasteiger partial charge < -0.3 is 11.1 Å². The number of carbonyl (C=O) groups excluding carboxylic acids is 1. The SMILES string of the molecule is CC(NCCC(N)=O)c1cnn(-c2ccccc2)c1. The van der Waals surface area contributed by atoms with Crippen LogP contribution in [0.2, 0.25) is 0 Å². The minimum Gasteiger partial charge on any atom is -0.370 e. The summed E-state index contributed by atoms with van der Waals surface area (Å²) in [5.74, 6) is -0.292. The molecular formula is C14H18N4O. The third-order valence-corrected chi connectivity index (χ3v) is 2.95. The van der Waals surface area contributed by atoms with Crippen LogP contribution in [-0.4, -0.2) is 22.2 Å². The number of hydrogen-bond donors (Lipinski definition) is 2. The van der Waals surface area contributed by atoms with Crippen LogP contribution in [0.15, 0.2) is 42.7 Å². The number of rotatable bonds is 6. The van der Waals surface area contributed by atoms with Crippen molar-refractivity contribution >= 4 is 5.91 Å². The summed E-state index contributed by atoms with van der Waals surface area (Å²) in [6, 6.07) is 10.1. The van der Waals surface area contributed by atoms with Crippen LogP contribution < -0.4 is 11.1 Å². The summed E-state index contributed by atoms with van der Waals surface area (Å²) >= 11 is 0. The van der Waals surface area contributed by atoms with Crippen molar-refractivity contribution in [2.75, 3.05) is 6.54 Å². The van der Waals surface area contributed by atoms with Gasteiger partial charge in [0, 0.05) is 30.8 Å². The second-order valence-corrected chi connectivity index (χ2v) is 4.45. The zero-order valence-corrected chi connectivity index (χ0v) is 10.9. The summed E-state index contributed by atoms with van der Waals surface area (Å²) < 4.78 is 1.83. The second kappa shape index (κ2) is 6.15. The zero-order chi connectivity index (χ0) is 13.7. The number of primary amides is 1. The smallest absolute Gasteiger partial charge is 0.218 e. The van der Waals surface area contributed by atoms with Crippen LogP contribution in [0.1, 0.15) is 24.9 Å². The van der Waals surface area contributed by atoms with E-state index < -0.39 is 0 Å². The van der Waals surface area contributed by atoms with Crippen LogP contribution in [0.5, 0.6) is 0 Å². The van der Waals surface area contributed by atoms with E-state index >= 15 is 0 Å². The molecule has 0 saturated heterocycles. The lowest BCUT2D eigenvalue weighted by atomic mass is 10.2. The number of nitrogens with zero attached hydrogens (tertiary/aromatic N) is 2. The molecule has 100 valence electrons. The number of nitrogens with two attached hydrogens (primary N) is 1. The molecule has 1 amide bonds. The zero-order valence-electron chi connectivity index (χ0n) is 10.9. The van der Waals surface area contributed by atoms with Crippen molar-refractivity contribution < 1.29 is 4.79 Å². The number of aromatic nitrogens is 2. The maximum Gasteiger partial charge on any atom is 0.218 e. The van der Waals surface area contributed by atoms with Crippen molar-refractivity contribution in [3.63, 3.8) is 0 Å². The average Bonchev–Trinajstić information content (AvgIpc) is 2.89. The van der Waals surface area contributed by atoms with Gasteiger partial charge in [-0.05, 0) is 19.1 Å². The highest BCUT2D eigenvalue weighted by Gasteiger charge is 2.08. The maximum absolute atomic E-state index is 10.7. The topological polar surface area (TPSA) is 72.9 Å². The molecule has 1 atom stereocenters. The van der Waals surface area contributed by atoms with E-state index in [2.05, 4.69) is 10.4 Å². The van der Waals surface area contributed by atoms with Crippen LogP contribution in [-0.2, 0) is 4.79 Å². The number of para-hydroxylation sites is 1. The summed E-state index contributed by atoms with van der Waals surface area (Å²) in [6.45, 7) is 2.61. The third kappa shape index (κ3) is 3.66. The lowest BCUT2D eigenvalue weighted by molar-refractivity contribution is -0.117. The number of amides is 1. The summed E-state index contributed by atoms with van der Waals surface area (Å²) in [6.07, 6.45) is 4.16. The molecule has 1 aromatic heterocycles. The standard InChI is InChI=1S/C14H18N4O/c1-11(16-8-7-14(15)19)12-9-17-18(10-12)13-5-3-2-4-6-13/h2-6,9-11,16H,7-8H2,1H3,(H2,15,19). The first kappa shape index (κ1) is 13.3. The van der Waals surface area contributed by atoms with Crippen molar-refractivity contribution in [3.8, 4) is 5.69 Å². The number of benzene rings is 1. The van der Waals surface area contributed by atoms with Crippen molar-refractivity contribution in [1.82, 2.24) is 15.1 Å². The van der Waals surface area contributed by atoms with Crippen LogP contribution in [0.3, 0.4) is 0 Å². The summed E-state index contributed by atoms with van der Waals surface area (Å²) in [5.41, 5.74) is 7.21. The highest BCUT2D eigenvalue weighted by Crippen LogP contribution is 2.14. The Morgan fingerprint density at radius 3 is 2.84 bits per heavy atom. The Kier molecular flexibility index (Phi) is 4.30. The Morgan fingerprint density at radius 2 is 2.16 bits per heavy atom. The maximum atomic E-state index is 10.7. The lowest BCUT2D eigenvalue weighted by Crippen LogP contribution is -2.24. The number of nitrogens with one attached hydrogen (secondary N) is 1. The van der Waals surface area contributed by atoms with Gasteiger partial charge in [-0.3, -0.25) is 4.79 Å². The number of hydrogen-bond acceptors (Lipinski definition) is 3. The van der Waals surface area contributed by atoms with Crippen LogP contribution in [0.4, 0.5) is 0 Å². The normalized spacial score (nSPS) is 12.3. The van der Waals surface area contributed by atoms with Crippen molar-refractivity contribution in [2.45, 2.75) is 19.4 Å². The van der Waals surface area contributed by atoms with E-state index in [-0.39, 0.29) is 11.9 Å². The van der Waals surface area contributed by atoms with Crippen LogP contribution in [0.25, 0.3) is 5.69 Å². The van der Waals surface area contributed by atoms with Gasteiger partial charge in [0.25, 0.3) is 0 Å². The molecule has 1 aromatic carbocycles. The fourth-order valence-electron chi connectivity index (χ4n) is 1.81. The summed E-state index contributed by atoms with van der Waals surface area (Å²) in [7, 11) is 0. The molecule has 0 radical (unpaired) electrons. The van der Waals surface area contributed by atoms with Crippen molar-refractivity contribution in [1.29, 1.82) is 0 Å². The summed E-state index contributed by atoms with van der Waals surface area (Å²) in [4.78, 5) is 10.7. The van der Waals surface area contributed by atoms with Gasteiger partial charge in [0.15, 0.2) is 0 Å². The van der Waals surface area contributed by atoms with Gasteiger partial charge in [0.05, 0.1) is 11.9 Å². The summed E-state index contributed by atoms with van der Waals surface area (Å²) in [5, 5.41) is 7.58. The van der Waals surface area contributed by atoms with Gasteiger partial charge >= 0.3 is 0 Å². The third-order valence-electron chi connectivity index (χ3n) is 2.95. The molecule has 0 spiro atoms. The molecule has 0 saturated carbocycles. The highest BCUT2D eigenvalue weighted by molar-refractivity contribution is 5.73. The molecule has 1 heterocycles. The predicted molar refractivity (Wildman–Crippen MR) is 73.8 cm³/mol. The fourth-order valence-corrected chi connectivity index (χ4v) is 1.81. The first-order valence-corrected chi connectivity index (χ1v) is 6.28. The molecule has 3 N–H and O–H groups in total. The predicted octanol–water partition coefficient (Wildman–Crippen LogP) is 1.40. The second-order valence-electron chi connectivity index (χ2n) is 4.45. The monoisotopic (exact) mass is 258 g/mol. The lowest BCUT2D eigenvalue weighted by Gasteiger charge is -2.10. The Morgan fingerprint density at radius 1 is 1.42 bits per heavy atom. The van der Waals surface area contributed by atoms with E-state index in [9.17, 15) is 4.79 Å². The average molecular weight is 258 g/mol. The Balaban J connectivity index is 1.99. The fraction of sp³-hybridized carbons (Fsp3) is 0.286. The largest absolute Gasteiger partial charge is 0.370 e. The minimum atomic E-state index is -0.292. The molecule has 0 aliphatic heterocycles. The van der Waals surface area contributed by atoms with E-state index in [0.29, 0.717) is 13.0 Å².